The number of H-pyrrole nitrogens is 1. The zero-order valence-electron chi connectivity index (χ0n) is 12.6. The molecule has 9 heteroatoms. The van der Waals surface area contributed by atoms with Gasteiger partial charge >= 0.3 is 5.69 Å². The molecule has 1 aliphatic heterocycles. The van der Waals surface area contributed by atoms with Gasteiger partial charge in [-0.05, 0) is 12.3 Å². The first-order chi connectivity index (χ1) is 11.2. The number of aromatic amines is 1. The summed E-state index contributed by atoms with van der Waals surface area (Å²) >= 11 is 3.37. The van der Waals surface area contributed by atoms with Crippen LogP contribution in [0.4, 0.5) is 0 Å². The molecule has 0 aromatic carbocycles. The second-order valence-electron chi connectivity index (χ2n) is 5.22. The number of aromatic nitrogens is 4. The van der Waals surface area contributed by atoms with E-state index in [1.807, 2.05) is 24.5 Å². The summed E-state index contributed by atoms with van der Waals surface area (Å²) in [4.78, 5) is 22.3. The quantitative estimate of drug-likeness (QED) is 0.732. The first-order valence-electron chi connectivity index (χ1n) is 7.01. The highest BCUT2D eigenvalue weighted by Crippen LogP contribution is 2.35. The predicted molar refractivity (Wildman–Crippen MR) is 92.1 cm³/mol. The molecule has 0 aliphatic carbocycles. The molecule has 0 unspecified atom stereocenters. The number of hydrogen-bond acceptors (Lipinski definition) is 7. The minimum Gasteiger partial charge on any atom is -0.329 e. The van der Waals surface area contributed by atoms with Gasteiger partial charge in [-0.1, -0.05) is 11.8 Å². The van der Waals surface area contributed by atoms with Crippen LogP contribution in [0.3, 0.4) is 0 Å². The number of nitrogens with zero attached hydrogens (tertiary/aromatic N) is 5. The number of nitrogens with one attached hydrogen (secondary N) is 1. The second-order valence-corrected chi connectivity index (χ2v) is 7.28. The van der Waals surface area contributed by atoms with Gasteiger partial charge in [0.05, 0.1) is 29.7 Å². The molecule has 0 radical (unpaired) electrons. The third kappa shape index (κ3) is 2.45. The van der Waals surface area contributed by atoms with Gasteiger partial charge in [-0.15, -0.1) is 11.3 Å². The number of thiazole rings is 1. The molecule has 0 atom stereocenters. The van der Waals surface area contributed by atoms with Crippen LogP contribution in [0, 0.1) is 0 Å². The van der Waals surface area contributed by atoms with Crippen LogP contribution >= 0.6 is 23.1 Å². The smallest absolute Gasteiger partial charge is 0.329 e. The summed E-state index contributed by atoms with van der Waals surface area (Å²) in [7, 11) is 2.04. The van der Waals surface area contributed by atoms with E-state index in [9.17, 15) is 4.79 Å². The Morgan fingerprint density at radius 2 is 2.35 bits per heavy atom. The van der Waals surface area contributed by atoms with E-state index in [1.54, 1.807) is 29.2 Å². The highest BCUT2D eigenvalue weighted by Gasteiger charge is 2.23. The molecule has 118 valence electrons. The summed E-state index contributed by atoms with van der Waals surface area (Å²) in [6, 6.07) is 1.79. The van der Waals surface area contributed by atoms with Gasteiger partial charge in [0.2, 0.25) is 0 Å². The van der Waals surface area contributed by atoms with E-state index in [0.29, 0.717) is 13.1 Å². The molecule has 0 bridgehead atoms. The predicted octanol–water partition coefficient (Wildman–Crippen LogP) is 1.79. The lowest BCUT2D eigenvalue weighted by molar-refractivity contribution is 0.258. The van der Waals surface area contributed by atoms with Crippen molar-refractivity contribution in [1.82, 2.24) is 24.5 Å². The summed E-state index contributed by atoms with van der Waals surface area (Å²) in [5.74, 6) is 0. The topological polar surface area (TPSA) is 79.2 Å². The summed E-state index contributed by atoms with van der Waals surface area (Å²) in [5, 5.41) is 6.44. The summed E-state index contributed by atoms with van der Waals surface area (Å²) in [5.41, 5.74) is 3.81. The molecule has 4 heterocycles. The summed E-state index contributed by atoms with van der Waals surface area (Å²) in [6.07, 6.45) is 5.44. The van der Waals surface area contributed by atoms with Crippen molar-refractivity contribution >= 4 is 39.7 Å². The summed E-state index contributed by atoms with van der Waals surface area (Å²) in [6.45, 7) is 1.22. The lowest BCUT2D eigenvalue weighted by Crippen LogP contribution is -2.24. The number of thioether (sulfide) groups is 1. The molecule has 1 N–H and O–H groups in total. The van der Waals surface area contributed by atoms with E-state index in [2.05, 4.69) is 24.6 Å². The molecule has 23 heavy (non-hydrogen) atoms. The number of aryl methyl sites for hydroxylation is 1. The van der Waals surface area contributed by atoms with Crippen LogP contribution in [0.1, 0.15) is 17.0 Å². The second kappa shape index (κ2) is 5.50. The lowest BCUT2D eigenvalue weighted by Gasteiger charge is -2.23. The van der Waals surface area contributed by atoms with E-state index in [-0.39, 0.29) is 5.69 Å². The minimum atomic E-state index is -0.336. The van der Waals surface area contributed by atoms with Crippen molar-refractivity contribution in [2.75, 3.05) is 6.26 Å². The SMILES string of the molecule is CSc1nc2c(s1)c1c(n2C)CN(Cc2ccnc(=O)[nH]2)N=C1. The van der Waals surface area contributed by atoms with Crippen LogP contribution in [0.15, 0.2) is 26.5 Å². The Labute approximate surface area is 140 Å². The van der Waals surface area contributed by atoms with E-state index < -0.39 is 0 Å². The maximum absolute atomic E-state index is 11.3. The highest BCUT2D eigenvalue weighted by atomic mass is 32.2. The average Bonchev–Trinajstić information content (AvgIpc) is 3.07. The fraction of sp³-hybridized carbons (Fsp3) is 0.286. The third-order valence-corrected chi connectivity index (χ3v) is 5.88. The number of rotatable bonds is 3. The van der Waals surface area contributed by atoms with Gasteiger partial charge in [-0.2, -0.15) is 5.10 Å². The van der Waals surface area contributed by atoms with Crippen molar-refractivity contribution in [2.45, 2.75) is 17.4 Å². The zero-order valence-corrected chi connectivity index (χ0v) is 14.2. The van der Waals surface area contributed by atoms with Gasteiger partial charge in [0.25, 0.3) is 0 Å². The highest BCUT2D eigenvalue weighted by molar-refractivity contribution is 8.00. The normalized spacial score (nSPS) is 13.7. The third-order valence-electron chi connectivity index (χ3n) is 3.81. The molecule has 1 aliphatic rings. The van der Waals surface area contributed by atoms with Crippen LogP contribution in [0.25, 0.3) is 10.3 Å². The van der Waals surface area contributed by atoms with Crippen LogP contribution < -0.4 is 5.69 Å². The Kier molecular flexibility index (Phi) is 3.46. The van der Waals surface area contributed by atoms with E-state index in [0.717, 1.165) is 21.2 Å². The minimum absolute atomic E-state index is 0.336. The molecule has 0 saturated carbocycles. The zero-order chi connectivity index (χ0) is 16.0. The standard InChI is InChI=1S/C14H14N6OS2/c1-19-10-7-20(6-8-3-4-15-13(21)17-8)16-5-9(10)11-12(19)18-14(22-2)23-11/h3-5H,6-7H2,1-2H3,(H,15,17,21). The van der Waals surface area contributed by atoms with Crippen molar-refractivity contribution < 1.29 is 0 Å². The van der Waals surface area contributed by atoms with Crippen molar-refractivity contribution in [3.8, 4) is 0 Å². The molecular formula is C14H14N6OS2. The molecule has 7 nitrogen and oxygen atoms in total. The lowest BCUT2D eigenvalue weighted by atomic mass is 10.2. The van der Waals surface area contributed by atoms with Crippen molar-refractivity contribution in [1.29, 1.82) is 0 Å². The Morgan fingerprint density at radius 3 is 3.13 bits per heavy atom. The fourth-order valence-corrected chi connectivity index (χ4v) is 4.31. The largest absolute Gasteiger partial charge is 0.345 e. The van der Waals surface area contributed by atoms with Gasteiger partial charge in [0, 0.05) is 24.5 Å². The average molecular weight is 346 g/mol. The Morgan fingerprint density at radius 1 is 1.48 bits per heavy atom. The van der Waals surface area contributed by atoms with E-state index >= 15 is 0 Å². The molecular weight excluding hydrogens is 332 g/mol. The monoisotopic (exact) mass is 346 g/mol. The van der Waals surface area contributed by atoms with Crippen LogP contribution in [-0.2, 0) is 20.1 Å². The van der Waals surface area contributed by atoms with Crippen molar-refractivity contribution in [2.24, 2.45) is 12.1 Å². The van der Waals surface area contributed by atoms with Crippen LogP contribution in [0.2, 0.25) is 0 Å². The molecule has 0 amide bonds. The molecule has 0 spiro atoms. The van der Waals surface area contributed by atoms with Gasteiger partial charge in [-0.25, -0.2) is 14.8 Å². The fourth-order valence-electron chi connectivity index (χ4n) is 2.69. The van der Waals surface area contributed by atoms with Gasteiger partial charge in [0.1, 0.15) is 0 Å². The first-order valence-corrected chi connectivity index (χ1v) is 9.05. The molecule has 3 aromatic rings. The molecule has 4 rings (SSSR count). The first kappa shape index (κ1) is 14.5. The molecule has 3 aromatic heterocycles. The number of hydrazone groups is 1. The van der Waals surface area contributed by atoms with E-state index in [4.69, 9.17) is 0 Å². The Balaban J connectivity index is 1.66. The molecule has 0 fully saturated rings. The van der Waals surface area contributed by atoms with Crippen molar-refractivity contribution in [3.63, 3.8) is 0 Å². The number of fused-ring (bicyclic) bond motifs is 3. The van der Waals surface area contributed by atoms with Gasteiger partial charge < -0.3 is 9.55 Å². The Bertz CT molecular complexity index is 969. The van der Waals surface area contributed by atoms with Gasteiger partial charge in [0.15, 0.2) is 9.99 Å². The molecule has 0 saturated heterocycles. The number of hydrogen-bond donors (Lipinski definition) is 1. The Hall–Kier alpha value is -2.13. The van der Waals surface area contributed by atoms with Gasteiger partial charge in [-0.3, -0.25) is 5.01 Å². The maximum atomic E-state index is 11.3. The van der Waals surface area contributed by atoms with Crippen LogP contribution in [0.5, 0.6) is 0 Å². The maximum Gasteiger partial charge on any atom is 0.345 e. The summed E-state index contributed by atoms with van der Waals surface area (Å²) < 4.78 is 4.39. The van der Waals surface area contributed by atoms with Crippen LogP contribution in [-0.4, -0.2) is 37.0 Å². The van der Waals surface area contributed by atoms with E-state index in [1.165, 1.54) is 16.6 Å². The van der Waals surface area contributed by atoms with Crippen molar-refractivity contribution in [3.05, 3.63) is 39.7 Å².